The first-order chi connectivity index (χ1) is 23.6. The molecule has 0 bridgehead atoms. The maximum absolute atomic E-state index is 6.47. The van der Waals surface area contributed by atoms with Crippen molar-refractivity contribution in [3.05, 3.63) is 132 Å². The molecule has 0 radical (unpaired) electrons. The van der Waals surface area contributed by atoms with Crippen LogP contribution in [0.3, 0.4) is 0 Å². The van der Waals surface area contributed by atoms with E-state index in [0.29, 0.717) is 22.8 Å². The van der Waals surface area contributed by atoms with E-state index in [-0.39, 0.29) is 21.1 Å². The molecule has 5 nitrogen and oxygen atoms in total. The van der Waals surface area contributed by atoms with E-state index in [0.717, 1.165) is 56.0 Å². The Morgan fingerprint density at radius 2 is 1.60 bits per heavy atom. The van der Waals surface area contributed by atoms with Crippen LogP contribution in [0.4, 0.5) is 0 Å². The Kier molecular flexibility index (Phi) is 10.2. The zero-order valence-corrected chi connectivity index (χ0v) is 32.2. The molecule has 0 aliphatic carbocycles. The molecule has 0 aliphatic rings. The van der Waals surface area contributed by atoms with Gasteiger partial charge in [0.2, 0.25) is 0 Å². The summed E-state index contributed by atoms with van der Waals surface area (Å²) in [6.45, 7) is 15.6. The fraction of sp³-hybridized carbons (Fsp3) is 0.273. The molecular weight excluding hydrogens is 796 g/mol. The van der Waals surface area contributed by atoms with Crippen LogP contribution in [0, 0.1) is 38.3 Å². The molecule has 1 unspecified atom stereocenters. The van der Waals surface area contributed by atoms with Crippen molar-refractivity contribution in [1.82, 2.24) is 19.3 Å². The van der Waals surface area contributed by atoms with Gasteiger partial charge in [-0.1, -0.05) is 82.1 Å². The summed E-state index contributed by atoms with van der Waals surface area (Å²) in [7, 11) is 0. The third-order valence-corrected chi connectivity index (χ3v) is 9.49. The minimum absolute atomic E-state index is 0. The van der Waals surface area contributed by atoms with Gasteiger partial charge in [-0.2, -0.15) is 17.2 Å². The first-order valence-electron chi connectivity index (χ1n) is 17.3. The van der Waals surface area contributed by atoms with Crippen LogP contribution in [0.5, 0.6) is 11.5 Å². The molecule has 0 saturated heterocycles. The van der Waals surface area contributed by atoms with Gasteiger partial charge < -0.3 is 9.30 Å². The number of hydrogen-bond acceptors (Lipinski definition) is 3. The van der Waals surface area contributed by atoms with Gasteiger partial charge in [0.25, 0.3) is 0 Å². The molecule has 6 heteroatoms. The van der Waals surface area contributed by atoms with Crippen molar-refractivity contribution in [3.63, 3.8) is 0 Å². The maximum Gasteiger partial charge on any atom is 2.00 e. The van der Waals surface area contributed by atoms with Crippen molar-refractivity contribution in [1.29, 1.82) is 0 Å². The summed E-state index contributed by atoms with van der Waals surface area (Å²) in [5.74, 6) is 2.56. The smallest absolute Gasteiger partial charge is 0.509 e. The number of aromatic nitrogens is 4. The monoisotopic (exact) mass is 839 g/mol. The predicted molar refractivity (Wildman–Crippen MR) is 201 cm³/mol. The van der Waals surface area contributed by atoms with Gasteiger partial charge in [0.1, 0.15) is 5.82 Å². The number of pyridine rings is 1. The van der Waals surface area contributed by atoms with E-state index in [2.05, 4.69) is 120 Å². The summed E-state index contributed by atoms with van der Waals surface area (Å²) in [5, 5.41) is 7.21. The average molecular weight is 840 g/mol. The van der Waals surface area contributed by atoms with E-state index < -0.39 is 0 Å². The van der Waals surface area contributed by atoms with Crippen LogP contribution in [-0.2, 0) is 21.1 Å². The van der Waals surface area contributed by atoms with E-state index in [4.69, 9.17) is 14.8 Å². The Balaban J connectivity index is 0.00000432. The van der Waals surface area contributed by atoms with Gasteiger partial charge in [-0.25, -0.2) is 4.98 Å². The van der Waals surface area contributed by atoms with Crippen LogP contribution < -0.4 is 4.74 Å². The molecule has 3 aromatic heterocycles. The molecule has 4 aromatic carbocycles. The topological polar surface area (TPSA) is 44.9 Å². The molecule has 0 fully saturated rings. The van der Waals surface area contributed by atoms with Crippen LogP contribution >= 0.6 is 0 Å². The number of hydrogen-bond donors (Lipinski definition) is 0. The Bertz CT molecular complexity index is 2280. The normalized spacial score (nSPS) is 12.3. The number of rotatable bonds is 9. The summed E-state index contributed by atoms with van der Waals surface area (Å²) < 4.78 is 10.6. The summed E-state index contributed by atoms with van der Waals surface area (Å²) in [6.07, 6.45) is 5.49. The van der Waals surface area contributed by atoms with E-state index in [1.54, 1.807) is 0 Å². The fourth-order valence-electron chi connectivity index (χ4n) is 6.93. The standard InChI is InChI=1S/C44H44N4O.Pt/c1-29-22-24-45-42(25-29)47-40-21-18-34(30(2)13-12-23-44(5,6)7)26-39(40)38-20-19-37(28-41(38)47)49-36-17-11-16-35(27-36)48-32(4)43(31(3)46-48)33-14-9-8-10-15-33;/h8-11,14-22,24-26,30H,12-13,23H2,1-7H3;/q-2;+2. The largest absolute Gasteiger partial charge is 2.00 e. The van der Waals surface area contributed by atoms with Crippen molar-refractivity contribution < 1.29 is 25.8 Å². The summed E-state index contributed by atoms with van der Waals surface area (Å²) in [5.41, 5.74) is 10.1. The summed E-state index contributed by atoms with van der Waals surface area (Å²) >= 11 is 0. The molecule has 0 spiro atoms. The molecule has 7 rings (SSSR count). The second kappa shape index (κ2) is 14.4. The van der Waals surface area contributed by atoms with Gasteiger partial charge in [-0.15, -0.1) is 35.7 Å². The van der Waals surface area contributed by atoms with Crippen molar-refractivity contribution in [2.75, 3.05) is 0 Å². The van der Waals surface area contributed by atoms with E-state index in [1.807, 2.05) is 47.3 Å². The summed E-state index contributed by atoms with van der Waals surface area (Å²) in [6, 6.07) is 38.6. The second-order valence-corrected chi connectivity index (χ2v) is 14.6. The average Bonchev–Trinajstić information content (AvgIpc) is 3.56. The van der Waals surface area contributed by atoms with Gasteiger partial charge in [0.15, 0.2) is 0 Å². The maximum atomic E-state index is 6.47. The van der Waals surface area contributed by atoms with Crippen LogP contribution in [0.2, 0.25) is 0 Å². The summed E-state index contributed by atoms with van der Waals surface area (Å²) in [4.78, 5) is 4.79. The van der Waals surface area contributed by atoms with Crippen LogP contribution in [0.15, 0.2) is 97.2 Å². The number of aryl methyl sites for hydroxylation is 2. The van der Waals surface area contributed by atoms with Crippen LogP contribution in [-0.4, -0.2) is 19.3 Å². The molecule has 0 aliphatic heterocycles. The zero-order chi connectivity index (χ0) is 34.3. The number of fused-ring (bicyclic) bond motifs is 3. The minimum Gasteiger partial charge on any atom is -0.509 e. The molecule has 3 heterocycles. The van der Waals surface area contributed by atoms with E-state index >= 15 is 0 Å². The molecule has 0 amide bonds. The van der Waals surface area contributed by atoms with Gasteiger partial charge in [0, 0.05) is 34.5 Å². The molecule has 7 aromatic rings. The van der Waals surface area contributed by atoms with Crippen molar-refractivity contribution in [2.45, 2.75) is 73.6 Å². The molecule has 0 saturated carbocycles. The first kappa shape index (κ1) is 35.4. The quantitative estimate of drug-likeness (QED) is 0.136. The SMILES string of the molecule is Cc1ccnc(-n2c3[c-]c(Oc4[c-]c(-n5nc(C)c(-c6ccccc6)c5C)ccc4)ccc3c3cc(C(C)CCCC(C)(C)C)ccc32)c1.[Pt+2]. The Morgan fingerprint density at radius 1 is 0.820 bits per heavy atom. The Hall–Kier alpha value is -4.47. The molecule has 50 heavy (non-hydrogen) atoms. The van der Waals surface area contributed by atoms with Gasteiger partial charge in [-0.3, -0.25) is 4.68 Å². The third-order valence-electron chi connectivity index (χ3n) is 9.49. The van der Waals surface area contributed by atoms with E-state index in [9.17, 15) is 0 Å². The van der Waals surface area contributed by atoms with Crippen molar-refractivity contribution >= 4 is 21.8 Å². The van der Waals surface area contributed by atoms with Gasteiger partial charge in [0.05, 0.1) is 5.69 Å². The molecule has 1 atom stereocenters. The van der Waals surface area contributed by atoms with Gasteiger partial charge in [-0.05, 0) is 90.9 Å². The fourth-order valence-corrected chi connectivity index (χ4v) is 6.93. The van der Waals surface area contributed by atoms with Gasteiger partial charge >= 0.3 is 21.1 Å². The van der Waals surface area contributed by atoms with Crippen LogP contribution in [0.1, 0.15) is 75.4 Å². The van der Waals surface area contributed by atoms with Crippen molar-refractivity contribution in [3.8, 4) is 34.1 Å². The number of benzene rings is 4. The van der Waals surface area contributed by atoms with E-state index in [1.165, 1.54) is 30.2 Å². The Labute approximate surface area is 310 Å². The zero-order valence-electron chi connectivity index (χ0n) is 29.9. The number of nitrogens with zero attached hydrogens (tertiary/aromatic N) is 4. The number of ether oxygens (including phenoxy) is 1. The third kappa shape index (κ3) is 7.21. The Morgan fingerprint density at radius 3 is 2.36 bits per heavy atom. The second-order valence-electron chi connectivity index (χ2n) is 14.6. The molecule has 0 N–H and O–H groups in total. The molecule has 256 valence electrons. The predicted octanol–water partition coefficient (Wildman–Crippen LogP) is 11.7. The van der Waals surface area contributed by atoms with Crippen molar-refractivity contribution in [2.24, 2.45) is 5.41 Å². The molecular formula is C44H44N4OPt. The van der Waals surface area contributed by atoms with Crippen LogP contribution in [0.25, 0.3) is 44.4 Å². The first-order valence-corrected chi connectivity index (χ1v) is 17.3. The minimum atomic E-state index is 0.